The number of hydrogen-bond acceptors (Lipinski definition) is 4. The van der Waals surface area contributed by atoms with E-state index < -0.39 is 0 Å². The van der Waals surface area contributed by atoms with Gasteiger partial charge in [0, 0.05) is 24.9 Å². The number of anilines is 1. The van der Waals surface area contributed by atoms with Crippen molar-refractivity contribution in [3.8, 4) is 0 Å². The van der Waals surface area contributed by atoms with Crippen molar-refractivity contribution in [3.05, 3.63) is 29.3 Å². The summed E-state index contributed by atoms with van der Waals surface area (Å²) in [4.78, 5) is 11.9. The van der Waals surface area contributed by atoms with Crippen LogP contribution in [0.4, 0.5) is 5.69 Å². The monoisotopic (exact) mass is 288 g/mol. The van der Waals surface area contributed by atoms with Gasteiger partial charge in [0.15, 0.2) is 0 Å². The number of methoxy groups -OCH3 is 1. The van der Waals surface area contributed by atoms with Crippen molar-refractivity contribution in [2.75, 3.05) is 39.2 Å². The number of aryl methyl sites for hydroxylation is 1. The molecule has 0 aliphatic carbocycles. The minimum absolute atomic E-state index is 0. The number of hydrogen-bond donors (Lipinski definition) is 2. The van der Waals surface area contributed by atoms with E-state index in [0.717, 1.165) is 5.56 Å². The van der Waals surface area contributed by atoms with Crippen LogP contribution in [0.15, 0.2) is 18.2 Å². The number of nitrogens with two attached hydrogens (primary N) is 1. The minimum Gasteiger partial charge on any atom is -0.399 e. The molecule has 0 radical (unpaired) electrons. The molecule has 0 bridgehead atoms. The van der Waals surface area contributed by atoms with Crippen LogP contribution in [0.2, 0.25) is 0 Å². The summed E-state index contributed by atoms with van der Waals surface area (Å²) >= 11 is 0. The zero-order valence-electron chi connectivity index (χ0n) is 11.3. The third kappa shape index (κ3) is 6.42. The molecule has 19 heavy (non-hydrogen) atoms. The lowest BCUT2D eigenvalue weighted by atomic mass is 10.1. The molecule has 0 heterocycles. The van der Waals surface area contributed by atoms with Gasteiger partial charge in [-0.3, -0.25) is 4.79 Å². The first-order valence-electron chi connectivity index (χ1n) is 5.86. The van der Waals surface area contributed by atoms with E-state index in [0.29, 0.717) is 37.6 Å². The minimum atomic E-state index is -0.129. The predicted octanol–water partition coefficient (Wildman–Crippen LogP) is 1.39. The molecule has 3 N–H and O–H groups in total. The van der Waals surface area contributed by atoms with Crippen LogP contribution in [-0.2, 0) is 9.47 Å². The fraction of sp³-hybridized carbons (Fsp3) is 0.462. The Morgan fingerprint density at radius 3 is 2.74 bits per heavy atom. The summed E-state index contributed by atoms with van der Waals surface area (Å²) in [6.45, 7) is 3.91. The summed E-state index contributed by atoms with van der Waals surface area (Å²) in [5, 5.41) is 2.78. The lowest BCUT2D eigenvalue weighted by Gasteiger charge is -2.08. The van der Waals surface area contributed by atoms with Crippen LogP contribution >= 0.6 is 12.4 Å². The lowest BCUT2D eigenvalue weighted by molar-refractivity contribution is 0.0692. The van der Waals surface area contributed by atoms with Gasteiger partial charge in [-0.2, -0.15) is 0 Å². The van der Waals surface area contributed by atoms with Crippen molar-refractivity contribution in [2.24, 2.45) is 0 Å². The van der Waals surface area contributed by atoms with Gasteiger partial charge in [-0.15, -0.1) is 12.4 Å². The van der Waals surface area contributed by atoms with E-state index in [9.17, 15) is 4.79 Å². The van der Waals surface area contributed by atoms with Crippen molar-refractivity contribution in [3.63, 3.8) is 0 Å². The Bertz CT molecular complexity index is 399. The number of ether oxygens (including phenoxy) is 2. The van der Waals surface area contributed by atoms with Crippen LogP contribution in [0, 0.1) is 6.92 Å². The smallest absolute Gasteiger partial charge is 0.251 e. The highest BCUT2D eigenvalue weighted by Crippen LogP contribution is 2.12. The maximum atomic E-state index is 11.9. The van der Waals surface area contributed by atoms with E-state index in [1.54, 1.807) is 19.2 Å². The maximum absolute atomic E-state index is 11.9. The lowest BCUT2D eigenvalue weighted by Crippen LogP contribution is -2.28. The number of carbonyl (C=O) groups is 1. The third-order valence-electron chi connectivity index (χ3n) is 2.47. The molecule has 5 nitrogen and oxygen atoms in total. The summed E-state index contributed by atoms with van der Waals surface area (Å²) in [6.07, 6.45) is 0. The standard InChI is InChI=1S/C13H20N2O3.ClH/c1-10-3-4-11(14)9-12(10)13(16)15-5-6-18-8-7-17-2;/h3-4,9H,5-8,14H2,1-2H3,(H,15,16);1H. The van der Waals surface area contributed by atoms with Gasteiger partial charge in [0.05, 0.1) is 19.8 Å². The molecule has 0 aliphatic heterocycles. The van der Waals surface area contributed by atoms with Gasteiger partial charge in [-0.05, 0) is 24.6 Å². The molecule has 0 fully saturated rings. The maximum Gasteiger partial charge on any atom is 0.251 e. The second-order valence-electron chi connectivity index (χ2n) is 3.94. The normalized spacial score (nSPS) is 9.79. The molecule has 0 aromatic heterocycles. The molecule has 108 valence electrons. The Kier molecular flexibility index (Phi) is 8.95. The fourth-order valence-electron chi connectivity index (χ4n) is 1.46. The average molecular weight is 289 g/mol. The average Bonchev–Trinajstić information content (AvgIpc) is 2.36. The number of carbonyl (C=O) groups excluding carboxylic acids is 1. The van der Waals surface area contributed by atoms with Gasteiger partial charge in [0.2, 0.25) is 0 Å². The third-order valence-corrected chi connectivity index (χ3v) is 2.47. The van der Waals surface area contributed by atoms with Crippen LogP contribution in [-0.4, -0.2) is 39.4 Å². The topological polar surface area (TPSA) is 73.6 Å². The highest BCUT2D eigenvalue weighted by Gasteiger charge is 2.08. The molecule has 0 unspecified atom stereocenters. The Labute approximate surface area is 119 Å². The number of amides is 1. The molecule has 0 saturated heterocycles. The summed E-state index contributed by atoms with van der Waals surface area (Å²) in [7, 11) is 1.62. The number of halogens is 1. The van der Waals surface area contributed by atoms with Crippen molar-refractivity contribution >= 4 is 24.0 Å². The second kappa shape index (κ2) is 9.61. The van der Waals surface area contributed by atoms with E-state index in [1.807, 2.05) is 13.0 Å². The first-order chi connectivity index (χ1) is 8.65. The van der Waals surface area contributed by atoms with E-state index in [2.05, 4.69) is 5.32 Å². The highest BCUT2D eigenvalue weighted by atomic mass is 35.5. The molecule has 0 atom stereocenters. The van der Waals surface area contributed by atoms with Crippen molar-refractivity contribution in [1.29, 1.82) is 0 Å². The van der Waals surface area contributed by atoms with Gasteiger partial charge >= 0.3 is 0 Å². The highest BCUT2D eigenvalue weighted by molar-refractivity contribution is 5.96. The summed E-state index contributed by atoms with van der Waals surface area (Å²) in [5.41, 5.74) is 7.75. The van der Waals surface area contributed by atoms with E-state index in [4.69, 9.17) is 15.2 Å². The zero-order valence-corrected chi connectivity index (χ0v) is 12.1. The Morgan fingerprint density at radius 2 is 2.05 bits per heavy atom. The van der Waals surface area contributed by atoms with E-state index in [1.165, 1.54) is 0 Å². The Balaban J connectivity index is 0.00000324. The van der Waals surface area contributed by atoms with Gasteiger partial charge < -0.3 is 20.5 Å². The van der Waals surface area contributed by atoms with Crippen molar-refractivity contribution in [2.45, 2.75) is 6.92 Å². The summed E-state index contributed by atoms with van der Waals surface area (Å²) in [5.74, 6) is -0.129. The number of nitrogens with one attached hydrogen (secondary N) is 1. The molecule has 6 heteroatoms. The van der Waals surface area contributed by atoms with Crippen molar-refractivity contribution in [1.82, 2.24) is 5.32 Å². The zero-order chi connectivity index (χ0) is 13.4. The summed E-state index contributed by atoms with van der Waals surface area (Å²) < 4.78 is 10.1. The molecule has 1 amide bonds. The first kappa shape index (κ1) is 17.7. The number of rotatable bonds is 7. The Hall–Kier alpha value is -1.30. The molecule has 1 rings (SSSR count). The molecule has 1 aromatic carbocycles. The van der Waals surface area contributed by atoms with E-state index >= 15 is 0 Å². The molecule has 0 aliphatic rings. The molecular formula is C13H21ClN2O3. The van der Waals surface area contributed by atoms with Crippen LogP contribution in [0.3, 0.4) is 0 Å². The molecule has 0 spiro atoms. The largest absolute Gasteiger partial charge is 0.399 e. The summed E-state index contributed by atoms with van der Waals surface area (Å²) in [6, 6.07) is 5.29. The van der Waals surface area contributed by atoms with Crippen molar-refractivity contribution < 1.29 is 14.3 Å². The number of nitrogen functional groups attached to an aromatic ring is 1. The SMILES string of the molecule is COCCOCCNC(=O)c1cc(N)ccc1C.Cl. The van der Waals surface area contributed by atoms with Crippen LogP contribution < -0.4 is 11.1 Å². The molecular weight excluding hydrogens is 268 g/mol. The van der Waals surface area contributed by atoms with Crippen LogP contribution in [0.1, 0.15) is 15.9 Å². The van der Waals surface area contributed by atoms with Gasteiger partial charge in [-0.25, -0.2) is 0 Å². The van der Waals surface area contributed by atoms with Crippen LogP contribution in [0.5, 0.6) is 0 Å². The Morgan fingerprint density at radius 1 is 1.32 bits per heavy atom. The van der Waals surface area contributed by atoms with E-state index in [-0.39, 0.29) is 18.3 Å². The first-order valence-corrected chi connectivity index (χ1v) is 5.86. The quantitative estimate of drug-likeness (QED) is 0.587. The molecule has 0 saturated carbocycles. The van der Waals surface area contributed by atoms with Gasteiger partial charge in [0.25, 0.3) is 5.91 Å². The second-order valence-corrected chi connectivity index (χ2v) is 3.94. The fourth-order valence-corrected chi connectivity index (χ4v) is 1.46. The van der Waals surface area contributed by atoms with Gasteiger partial charge in [-0.1, -0.05) is 6.07 Å². The molecule has 1 aromatic rings. The van der Waals surface area contributed by atoms with Crippen LogP contribution in [0.25, 0.3) is 0 Å². The van der Waals surface area contributed by atoms with Gasteiger partial charge in [0.1, 0.15) is 0 Å². The predicted molar refractivity (Wildman–Crippen MR) is 77.9 cm³/mol. The number of benzene rings is 1.